The topological polar surface area (TPSA) is 83.4 Å². The summed E-state index contributed by atoms with van der Waals surface area (Å²) in [5, 5.41) is 2.92. The van der Waals surface area contributed by atoms with Crippen LogP contribution in [-0.4, -0.2) is 11.9 Å². The maximum Gasteiger partial charge on any atom is 0.333 e. The van der Waals surface area contributed by atoms with E-state index in [0.717, 1.165) is 18.4 Å². The van der Waals surface area contributed by atoms with E-state index >= 15 is 0 Å². The van der Waals surface area contributed by atoms with Crippen molar-refractivity contribution in [1.29, 1.82) is 0 Å². The molecule has 1 saturated carbocycles. The molecule has 6 nitrogen and oxygen atoms in total. The van der Waals surface area contributed by atoms with E-state index in [1.807, 2.05) is 30.3 Å². The van der Waals surface area contributed by atoms with E-state index in [2.05, 4.69) is 16.2 Å². The molecule has 0 radical (unpaired) electrons. The number of urea groups is 1. The number of furan rings is 1. The van der Waals surface area contributed by atoms with E-state index in [0.29, 0.717) is 17.2 Å². The van der Waals surface area contributed by atoms with Crippen molar-refractivity contribution < 1.29 is 14.0 Å². The molecular weight excluding hydrogens is 294 g/mol. The van der Waals surface area contributed by atoms with Crippen LogP contribution in [-0.2, 0) is 0 Å². The first kappa shape index (κ1) is 15.1. The second kappa shape index (κ2) is 6.56. The summed E-state index contributed by atoms with van der Waals surface area (Å²) >= 11 is 0. The van der Waals surface area contributed by atoms with Crippen molar-refractivity contribution in [2.75, 3.05) is 0 Å². The molecule has 0 spiro atoms. The number of nitrogens with one attached hydrogen (secondary N) is 3. The monoisotopic (exact) mass is 313 g/mol. The molecule has 3 rings (SSSR count). The van der Waals surface area contributed by atoms with Gasteiger partial charge in [-0.2, -0.15) is 0 Å². The first-order valence-electron chi connectivity index (χ1n) is 7.61. The first-order valence-corrected chi connectivity index (χ1v) is 7.61. The number of carbonyl (C=O) groups is 2. The van der Waals surface area contributed by atoms with Crippen LogP contribution in [0.2, 0.25) is 0 Å². The summed E-state index contributed by atoms with van der Waals surface area (Å²) < 4.78 is 5.07. The molecule has 0 saturated heterocycles. The fourth-order valence-electron chi connectivity index (χ4n) is 2.54. The zero-order valence-corrected chi connectivity index (χ0v) is 12.8. The van der Waals surface area contributed by atoms with Crippen LogP contribution < -0.4 is 16.2 Å². The predicted molar refractivity (Wildman–Crippen MR) is 84.5 cm³/mol. The van der Waals surface area contributed by atoms with Gasteiger partial charge in [0.15, 0.2) is 0 Å². The Morgan fingerprint density at radius 3 is 2.48 bits per heavy atom. The third-order valence-electron chi connectivity index (χ3n) is 3.93. The van der Waals surface area contributed by atoms with Gasteiger partial charge in [0.1, 0.15) is 5.76 Å². The highest BCUT2D eigenvalue weighted by Gasteiger charge is 2.33. The molecule has 1 fully saturated rings. The smallest absolute Gasteiger partial charge is 0.333 e. The van der Waals surface area contributed by atoms with E-state index < -0.39 is 11.9 Å². The first-order chi connectivity index (χ1) is 11.1. The van der Waals surface area contributed by atoms with E-state index in [1.54, 1.807) is 13.0 Å². The van der Waals surface area contributed by atoms with Crippen molar-refractivity contribution in [3.05, 3.63) is 59.5 Å². The third kappa shape index (κ3) is 3.71. The molecule has 1 atom stereocenters. The lowest BCUT2D eigenvalue weighted by Gasteiger charge is -2.19. The summed E-state index contributed by atoms with van der Waals surface area (Å²) in [5.74, 6) is 0.550. The number of carbonyl (C=O) groups excluding carboxylic acids is 2. The molecule has 1 aliphatic carbocycles. The van der Waals surface area contributed by atoms with Crippen LogP contribution in [0.25, 0.3) is 0 Å². The summed E-state index contributed by atoms with van der Waals surface area (Å²) in [5.41, 5.74) is 6.24. The van der Waals surface area contributed by atoms with Gasteiger partial charge in [0.25, 0.3) is 5.91 Å². The summed E-state index contributed by atoms with van der Waals surface area (Å²) in [6.07, 6.45) is 3.63. The maximum absolute atomic E-state index is 12.1. The molecule has 120 valence electrons. The minimum Gasteiger partial charge on any atom is -0.469 e. The Kier molecular flexibility index (Phi) is 4.32. The van der Waals surface area contributed by atoms with Crippen molar-refractivity contribution in [3.8, 4) is 0 Å². The number of aryl methyl sites for hydroxylation is 1. The van der Waals surface area contributed by atoms with E-state index in [1.165, 1.54) is 6.26 Å². The summed E-state index contributed by atoms with van der Waals surface area (Å²) in [7, 11) is 0. The van der Waals surface area contributed by atoms with E-state index in [4.69, 9.17) is 4.42 Å². The fourth-order valence-corrected chi connectivity index (χ4v) is 2.54. The standard InChI is InChI=1S/C17H19N3O3/c1-11-14(9-10-23-11)16(21)19-20-17(22)18-15(13-7-8-13)12-5-3-2-4-6-12/h2-6,9-10,13,15H,7-8H2,1H3,(H,19,21)(H2,18,20,22)/t15-/m0/s1. The molecule has 1 heterocycles. The largest absolute Gasteiger partial charge is 0.469 e. The fraction of sp³-hybridized carbons (Fsp3) is 0.294. The van der Waals surface area contributed by atoms with Crippen LogP contribution in [0.4, 0.5) is 4.79 Å². The molecule has 0 aliphatic heterocycles. The number of hydrogen-bond acceptors (Lipinski definition) is 3. The van der Waals surface area contributed by atoms with Crippen molar-refractivity contribution in [2.45, 2.75) is 25.8 Å². The number of rotatable bonds is 4. The van der Waals surface area contributed by atoms with Gasteiger partial charge in [-0.3, -0.25) is 10.2 Å². The lowest BCUT2D eigenvalue weighted by molar-refractivity contribution is 0.0934. The summed E-state index contributed by atoms with van der Waals surface area (Å²) in [6, 6.07) is 10.9. The van der Waals surface area contributed by atoms with Crippen LogP contribution in [0.1, 0.15) is 40.6 Å². The van der Waals surface area contributed by atoms with Crippen LogP contribution in [0.3, 0.4) is 0 Å². The molecule has 6 heteroatoms. The van der Waals surface area contributed by atoms with Crippen molar-refractivity contribution in [3.63, 3.8) is 0 Å². The molecule has 2 aromatic rings. The molecule has 3 N–H and O–H groups in total. The SMILES string of the molecule is Cc1occc1C(=O)NNC(=O)N[C@@H](c1ccccc1)C1CC1. The van der Waals surface area contributed by atoms with Crippen LogP contribution >= 0.6 is 0 Å². The van der Waals surface area contributed by atoms with Crippen LogP contribution in [0.15, 0.2) is 47.1 Å². The molecule has 1 aromatic heterocycles. The van der Waals surface area contributed by atoms with Gasteiger partial charge >= 0.3 is 6.03 Å². The maximum atomic E-state index is 12.1. The van der Waals surface area contributed by atoms with E-state index in [9.17, 15) is 9.59 Å². The normalized spacial score (nSPS) is 14.8. The van der Waals surface area contributed by atoms with Crippen molar-refractivity contribution in [1.82, 2.24) is 16.2 Å². The number of benzene rings is 1. The molecule has 23 heavy (non-hydrogen) atoms. The Hall–Kier alpha value is -2.76. The number of hydrogen-bond donors (Lipinski definition) is 3. The van der Waals surface area contributed by atoms with Crippen molar-refractivity contribution in [2.24, 2.45) is 5.92 Å². The van der Waals surface area contributed by atoms with Crippen LogP contribution in [0, 0.1) is 12.8 Å². The molecule has 1 aliphatic rings. The average Bonchev–Trinajstić information content (AvgIpc) is 3.32. The Morgan fingerprint density at radius 1 is 1.13 bits per heavy atom. The average molecular weight is 313 g/mol. The zero-order chi connectivity index (χ0) is 16.2. The quantitative estimate of drug-likeness (QED) is 0.759. The van der Waals surface area contributed by atoms with Gasteiger partial charge in [0, 0.05) is 0 Å². The lowest BCUT2D eigenvalue weighted by atomic mass is 10.0. The van der Waals surface area contributed by atoms with Gasteiger partial charge in [-0.1, -0.05) is 30.3 Å². The Balaban J connectivity index is 1.56. The second-order valence-corrected chi connectivity index (χ2v) is 5.67. The Morgan fingerprint density at radius 2 is 1.87 bits per heavy atom. The number of amides is 3. The van der Waals surface area contributed by atoms with Gasteiger partial charge in [-0.05, 0) is 37.3 Å². The molecule has 0 unspecified atom stereocenters. The minimum absolute atomic E-state index is 0.0382. The van der Waals surface area contributed by atoms with Gasteiger partial charge < -0.3 is 9.73 Å². The summed E-state index contributed by atoms with van der Waals surface area (Å²) in [6.45, 7) is 1.69. The molecule has 0 bridgehead atoms. The van der Waals surface area contributed by atoms with E-state index in [-0.39, 0.29) is 6.04 Å². The highest BCUT2D eigenvalue weighted by molar-refractivity contribution is 5.96. The van der Waals surface area contributed by atoms with Gasteiger partial charge in [0.2, 0.25) is 0 Å². The van der Waals surface area contributed by atoms with Gasteiger partial charge in [-0.25, -0.2) is 10.2 Å². The summed E-state index contributed by atoms with van der Waals surface area (Å²) in [4.78, 5) is 24.0. The molecular formula is C17H19N3O3. The lowest BCUT2D eigenvalue weighted by Crippen LogP contribution is -2.48. The Bertz CT molecular complexity index is 692. The second-order valence-electron chi connectivity index (χ2n) is 5.67. The minimum atomic E-state index is -0.430. The third-order valence-corrected chi connectivity index (χ3v) is 3.93. The van der Waals surface area contributed by atoms with Gasteiger partial charge in [0.05, 0.1) is 17.9 Å². The number of hydrazine groups is 1. The van der Waals surface area contributed by atoms with Crippen LogP contribution in [0.5, 0.6) is 0 Å². The highest BCUT2D eigenvalue weighted by atomic mass is 16.3. The Labute approximate surface area is 134 Å². The van der Waals surface area contributed by atoms with Crippen molar-refractivity contribution >= 4 is 11.9 Å². The molecule has 1 aromatic carbocycles. The zero-order valence-electron chi connectivity index (χ0n) is 12.8. The predicted octanol–water partition coefficient (Wildman–Crippen LogP) is 2.68. The highest BCUT2D eigenvalue weighted by Crippen LogP contribution is 2.40. The molecule has 3 amide bonds. The van der Waals surface area contributed by atoms with Gasteiger partial charge in [-0.15, -0.1) is 0 Å².